The van der Waals surface area contributed by atoms with Gasteiger partial charge in [-0.05, 0) is 25.7 Å². The molecule has 1 saturated carbocycles. The van der Waals surface area contributed by atoms with Gasteiger partial charge in [-0.2, -0.15) is 0 Å². The highest BCUT2D eigenvalue weighted by Gasteiger charge is 2.38. The molecule has 16 heavy (non-hydrogen) atoms. The molecule has 3 fully saturated rings. The van der Waals surface area contributed by atoms with Crippen molar-refractivity contribution < 1.29 is 4.79 Å². The summed E-state index contributed by atoms with van der Waals surface area (Å²) in [6.07, 6.45) is 5.41. The van der Waals surface area contributed by atoms with Gasteiger partial charge in [-0.3, -0.25) is 9.69 Å². The van der Waals surface area contributed by atoms with Crippen LogP contribution in [-0.4, -0.2) is 53.5 Å². The van der Waals surface area contributed by atoms with E-state index in [0.717, 1.165) is 38.9 Å². The monoisotopic (exact) mass is 223 g/mol. The minimum atomic E-state index is 0.368. The molecule has 0 aromatic carbocycles. The number of carbonyl (C=O) groups is 1. The zero-order chi connectivity index (χ0) is 11.1. The molecule has 0 aromatic heterocycles. The van der Waals surface area contributed by atoms with Crippen LogP contribution < -0.4 is 5.73 Å². The molecule has 90 valence electrons. The van der Waals surface area contributed by atoms with Crippen LogP contribution in [0.1, 0.15) is 32.1 Å². The van der Waals surface area contributed by atoms with Crippen LogP contribution in [0.5, 0.6) is 0 Å². The smallest absolute Gasteiger partial charge is 0.222 e. The molecule has 2 N–H and O–H groups in total. The van der Waals surface area contributed by atoms with Crippen LogP contribution >= 0.6 is 0 Å². The number of piperazine rings is 1. The van der Waals surface area contributed by atoms with E-state index in [2.05, 4.69) is 9.80 Å². The van der Waals surface area contributed by atoms with Crippen molar-refractivity contribution in [2.24, 2.45) is 5.73 Å². The molecule has 2 aliphatic heterocycles. The largest absolute Gasteiger partial charge is 0.337 e. The number of hydrogen-bond acceptors (Lipinski definition) is 3. The van der Waals surface area contributed by atoms with Gasteiger partial charge in [-0.15, -0.1) is 0 Å². The van der Waals surface area contributed by atoms with Gasteiger partial charge in [-0.25, -0.2) is 0 Å². The molecule has 2 saturated heterocycles. The summed E-state index contributed by atoms with van der Waals surface area (Å²) in [6.45, 7) is 3.08. The van der Waals surface area contributed by atoms with Gasteiger partial charge in [-0.1, -0.05) is 0 Å². The summed E-state index contributed by atoms with van der Waals surface area (Å²) >= 11 is 0. The van der Waals surface area contributed by atoms with E-state index < -0.39 is 0 Å². The molecule has 0 aromatic rings. The Morgan fingerprint density at radius 2 is 2.00 bits per heavy atom. The molecular weight excluding hydrogens is 202 g/mol. The Morgan fingerprint density at radius 3 is 2.75 bits per heavy atom. The van der Waals surface area contributed by atoms with E-state index in [4.69, 9.17) is 5.73 Å². The van der Waals surface area contributed by atoms with Crippen molar-refractivity contribution in [2.45, 2.75) is 50.2 Å². The topological polar surface area (TPSA) is 49.6 Å². The third kappa shape index (κ3) is 1.74. The van der Waals surface area contributed by atoms with Crippen molar-refractivity contribution in [1.29, 1.82) is 0 Å². The number of nitrogens with two attached hydrogens (primary N) is 1. The van der Waals surface area contributed by atoms with Gasteiger partial charge in [0.05, 0.1) is 0 Å². The van der Waals surface area contributed by atoms with Crippen molar-refractivity contribution in [1.82, 2.24) is 9.80 Å². The van der Waals surface area contributed by atoms with Gasteiger partial charge < -0.3 is 10.6 Å². The number of hydrogen-bond donors (Lipinski definition) is 1. The lowest BCUT2D eigenvalue weighted by Crippen LogP contribution is -2.54. The zero-order valence-corrected chi connectivity index (χ0v) is 9.77. The molecule has 3 aliphatic rings. The van der Waals surface area contributed by atoms with Crippen LogP contribution in [0.3, 0.4) is 0 Å². The summed E-state index contributed by atoms with van der Waals surface area (Å²) in [7, 11) is 0. The van der Waals surface area contributed by atoms with E-state index in [0.29, 0.717) is 24.0 Å². The highest BCUT2D eigenvalue weighted by molar-refractivity contribution is 5.78. The molecule has 3 atom stereocenters. The van der Waals surface area contributed by atoms with Gasteiger partial charge >= 0.3 is 0 Å². The molecule has 3 rings (SSSR count). The number of fused-ring (bicyclic) bond motifs is 1. The minimum Gasteiger partial charge on any atom is -0.337 e. The van der Waals surface area contributed by atoms with Gasteiger partial charge in [0.1, 0.15) is 0 Å². The van der Waals surface area contributed by atoms with Crippen LogP contribution in [0, 0.1) is 0 Å². The summed E-state index contributed by atoms with van der Waals surface area (Å²) in [5.41, 5.74) is 5.97. The van der Waals surface area contributed by atoms with E-state index in [1.54, 1.807) is 0 Å². The maximum atomic E-state index is 11.6. The normalized spacial score (nSPS) is 40.4. The first-order valence-corrected chi connectivity index (χ1v) is 6.53. The lowest BCUT2D eigenvalue weighted by atomic mass is 10.1. The van der Waals surface area contributed by atoms with E-state index >= 15 is 0 Å². The second-order valence-corrected chi connectivity index (χ2v) is 5.50. The number of amides is 1. The summed E-state index contributed by atoms with van der Waals surface area (Å²) in [5.74, 6) is 0.368. The van der Waals surface area contributed by atoms with Crippen molar-refractivity contribution in [3.8, 4) is 0 Å². The highest BCUT2D eigenvalue weighted by atomic mass is 16.2. The Kier molecular flexibility index (Phi) is 2.64. The first kappa shape index (κ1) is 10.5. The molecule has 4 nitrogen and oxygen atoms in total. The summed E-state index contributed by atoms with van der Waals surface area (Å²) in [4.78, 5) is 16.2. The van der Waals surface area contributed by atoms with Crippen LogP contribution in [0.2, 0.25) is 0 Å². The summed E-state index contributed by atoms with van der Waals surface area (Å²) in [5, 5.41) is 0. The fraction of sp³-hybridized carbons (Fsp3) is 0.917. The van der Waals surface area contributed by atoms with E-state index in [1.165, 1.54) is 12.8 Å². The molecule has 0 bridgehead atoms. The van der Waals surface area contributed by atoms with Crippen molar-refractivity contribution >= 4 is 5.91 Å². The Hall–Kier alpha value is -0.610. The van der Waals surface area contributed by atoms with Crippen LogP contribution in [0.4, 0.5) is 0 Å². The Labute approximate surface area is 96.8 Å². The fourth-order valence-electron chi connectivity index (χ4n) is 3.54. The minimum absolute atomic E-state index is 0.368. The average Bonchev–Trinajstić information content (AvgIpc) is 2.86. The number of rotatable bonds is 1. The van der Waals surface area contributed by atoms with Gasteiger partial charge in [0.15, 0.2) is 0 Å². The maximum Gasteiger partial charge on any atom is 0.222 e. The quantitative estimate of drug-likeness (QED) is 0.689. The standard InChI is InChI=1S/C12H21N3O/c13-9-1-2-10(7-9)14-5-6-15-11(8-14)3-4-12(15)16/h9-11H,1-8,13H2/t9-,10-,11-/m1/s1. The third-order valence-corrected chi connectivity index (χ3v) is 4.49. The van der Waals surface area contributed by atoms with E-state index in [-0.39, 0.29) is 0 Å². The first-order valence-electron chi connectivity index (χ1n) is 6.53. The highest BCUT2D eigenvalue weighted by Crippen LogP contribution is 2.28. The lowest BCUT2D eigenvalue weighted by Gasteiger charge is -2.40. The van der Waals surface area contributed by atoms with Crippen LogP contribution in [-0.2, 0) is 4.79 Å². The SMILES string of the molecule is N[C@@H]1CC[C@@H](N2CCN3C(=O)CC[C@@H]3C2)C1. The van der Waals surface area contributed by atoms with Crippen molar-refractivity contribution in [3.05, 3.63) is 0 Å². The summed E-state index contributed by atoms with van der Waals surface area (Å²) < 4.78 is 0. The van der Waals surface area contributed by atoms with Crippen molar-refractivity contribution in [2.75, 3.05) is 19.6 Å². The molecule has 0 spiro atoms. The Morgan fingerprint density at radius 1 is 1.12 bits per heavy atom. The third-order valence-electron chi connectivity index (χ3n) is 4.49. The average molecular weight is 223 g/mol. The van der Waals surface area contributed by atoms with E-state index in [1.807, 2.05) is 0 Å². The van der Waals surface area contributed by atoms with Gasteiger partial charge in [0.25, 0.3) is 0 Å². The number of carbonyl (C=O) groups excluding carboxylic acids is 1. The maximum absolute atomic E-state index is 11.6. The van der Waals surface area contributed by atoms with E-state index in [9.17, 15) is 4.79 Å². The van der Waals surface area contributed by atoms with Crippen LogP contribution in [0.25, 0.3) is 0 Å². The first-order chi connectivity index (χ1) is 7.74. The van der Waals surface area contributed by atoms with Gasteiger partial charge in [0, 0.05) is 44.2 Å². The fourth-order valence-corrected chi connectivity index (χ4v) is 3.54. The van der Waals surface area contributed by atoms with Crippen molar-refractivity contribution in [3.63, 3.8) is 0 Å². The predicted octanol–water partition coefficient (Wildman–Crippen LogP) is 0.173. The molecule has 0 unspecified atom stereocenters. The van der Waals surface area contributed by atoms with Crippen LogP contribution in [0.15, 0.2) is 0 Å². The lowest BCUT2D eigenvalue weighted by molar-refractivity contribution is -0.131. The molecule has 2 heterocycles. The second kappa shape index (κ2) is 4.00. The predicted molar refractivity (Wildman–Crippen MR) is 61.9 cm³/mol. The zero-order valence-electron chi connectivity index (χ0n) is 9.77. The second-order valence-electron chi connectivity index (χ2n) is 5.50. The molecule has 4 heteroatoms. The Balaban J connectivity index is 1.62. The number of nitrogens with zero attached hydrogens (tertiary/aromatic N) is 2. The molecule has 1 amide bonds. The molecule has 0 radical (unpaired) electrons. The molecular formula is C12H21N3O. The Bertz CT molecular complexity index is 294. The van der Waals surface area contributed by atoms with Gasteiger partial charge in [0.2, 0.25) is 5.91 Å². The molecule has 1 aliphatic carbocycles. The summed E-state index contributed by atoms with van der Waals surface area (Å²) in [6, 6.07) is 1.60.